The molecule has 1 atom stereocenters. The smallest absolute Gasteiger partial charge is 0.113 e. The van der Waals surface area contributed by atoms with Crippen LogP contribution < -0.4 is 0 Å². The fourth-order valence-corrected chi connectivity index (χ4v) is 2.74. The van der Waals surface area contributed by atoms with Gasteiger partial charge >= 0.3 is 0 Å². The maximum atomic E-state index is 10.3. The van der Waals surface area contributed by atoms with Crippen LogP contribution in [0.2, 0.25) is 0 Å². The Morgan fingerprint density at radius 3 is 2.35 bits per heavy atom. The number of benzene rings is 1. The second-order valence-electron chi connectivity index (χ2n) is 4.68. The van der Waals surface area contributed by atoms with Crippen LogP contribution in [0.25, 0.3) is 0 Å². The predicted octanol–water partition coefficient (Wildman–Crippen LogP) is 4.26. The van der Waals surface area contributed by atoms with Crippen molar-refractivity contribution in [2.75, 3.05) is 0 Å². The van der Waals surface area contributed by atoms with E-state index in [1.54, 1.807) is 11.3 Å². The first-order chi connectivity index (χ1) is 8.08. The van der Waals surface area contributed by atoms with Crippen LogP contribution in [-0.4, -0.2) is 5.11 Å². The first-order valence-electron chi connectivity index (χ1n) is 5.92. The summed E-state index contributed by atoms with van der Waals surface area (Å²) in [4.78, 5) is 2.25. The molecule has 90 valence electrons. The molecule has 1 nitrogen and oxygen atoms in total. The molecule has 0 aliphatic carbocycles. The molecule has 1 aromatic carbocycles. The summed E-state index contributed by atoms with van der Waals surface area (Å²) in [5.74, 6) is 0.493. The highest BCUT2D eigenvalue weighted by Crippen LogP contribution is 2.29. The number of rotatable bonds is 3. The number of aryl methyl sites for hydroxylation is 1. The molecule has 0 radical (unpaired) electrons. The minimum absolute atomic E-state index is 0.493. The summed E-state index contributed by atoms with van der Waals surface area (Å²) in [7, 11) is 0. The summed E-state index contributed by atoms with van der Waals surface area (Å²) in [5.41, 5.74) is 2.26. The molecule has 0 bridgehead atoms. The third-order valence-corrected chi connectivity index (χ3v) is 3.98. The highest BCUT2D eigenvalue weighted by atomic mass is 32.1. The molecule has 1 N–H and O–H groups in total. The van der Waals surface area contributed by atoms with Crippen molar-refractivity contribution in [3.63, 3.8) is 0 Å². The molecule has 17 heavy (non-hydrogen) atoms. The summed E-state index contributed by atoms with van der Waals surface area (Å²) in [5, 5.41) is 10.3. The molecule has 2 aromatic rings. The molecule has 0 spiro atoms. The Kier molecular flexibility index (Phi) is 3.65. The van der Waals surface area contributed by atoms with Gasteiger partial charge in [-0.2, -0.15) is 0 Å². The van der Waals surface area contributed by atoms with E-state index in [1.807, 2.05) is 18.2 Å². The minimum atomic E-state index is -0.493. The SMILES string of the molecule is Cc1ccc([C@@H](O)c2cccc(C(C)C)c2)s1. The third kappa shape index (κ3) is 2.76. The van der Waals surface area contributed by atoms with Gasteiger partial charge in [-0.1, -0.05) is 38.1 Å². The Hall–Kier alpha value is -1.12. The predicted molar refractivity (Wildman–Crippen MR) is 73.6 cm³/mol. The van der Waals surface area contributed by atoms with Crippen LogP contribution in [0.3, 0.4) is 0 Å². The second kappa shape index (κ2) is 5.03. The zero-order valence-corrected chi connectivity index (χ0v) is 11.3. The van der Waals surface area contributed by atoms with Crippen molar-refractivity contribution in [1.29, 1.82) is 0 Å². The Balaban J connectivity index is 2.30. The van der Waals surface area contributed by atoms with Gasteiger partial charge in [0.2, 0.25) is 0 Å². The molecule has 0 saturated carbocycles. The van der Waals surface area contributed by atoms with E-state index >= 15 is 0 Å². The van der Waals surface area contributed by atoms with Crippen LogP contribution in [0.15, 0.2) is 36.4 Å². The summed E-state index contributed by atoms with van der Waals surface area (Å²) in [6.45, 7) is 6.40. The molecule has 0 amide bonds. The quantitative estimate of drug-likeness (QED) is 0.858. The summed E-state index contributed by atoms with van der Waals surface area (Å²) in [6.07, 6.45) is -0.493. The number of aliphatic hydroxyl groups excluding tert-OH is 1. The van der Waals surface area contributed by atoms with Crippen molar-refractivity contribution in [3.8, 4) is 0 Å². The maximum absolute atomic E-state index is 10.3. The monoisotopic (exact) mass is 246 g/mol. The van der Waals surface area contributed by atoms with E-state index in [2.05, 4.69) is 39.0 Å². The molecule has 0 unspecified atom stereocenters. The number of hydrogen-bond donors (Lipinski definition) is 1. The lowest BCUT2D eigenvalue weighted by atomic mass is 9.98. The molecule has 0 aliphatic rings. The first kappa shape index (κ1) is 12.3. The van der Waals surface area contributed by atoms with E-state index in [0.717, 1.165) is 10.4 Å². The molecule has 0 saturated heterocycles. The minimum Gasteiger partial charge on any atom is -0.383 e. The van der Waals surface area contributed by atoms with Crippen LogP contribution >= 0.6 is 11.3 Å². The molecule has 1 heterocycles. The molecule has 1 aromatic heterocycles. The Morgan fingerprint density at radius 1 is 1.06 bits per heavy atom. The normalized spacial score (nSPS) is 13.0. The van der Waals surface area contributed by atoms with Crippen molar-refractivity contribution in [2.24, 2.45) is 0 Å². The molecule has 0 fully saturated rings. The lowest BCUT2D eigenvalue weighted by molar-refractivity contribution is 0.224. The van der Waals surface area contributed by atoms with E-state index in [9.17, 15) is 5.11 Å². The average molecular weight is 246 g/mol. The van der Waals surface area contributed by atoms with Gasteiger partial charge in [0.25, 0.3) is 0 Å². The van der Waals surface area contributed by atoms with Gasteiger partial charge in [-0.15, -0.1) is 11.3 Å². The average Bonchev–Trinajstić information content (AvgIpc) is 2.75. The van der Waals surface area contributed by atoms with Crippen LogP contribution in [-0.2, 0) is 0 Å². The van der Waals surface area contributed by atoms with Gasteiger partial charge in [0.1, 0.15) is 6.10 Å². The fourth-order valence-electron chi connectivity index (χ4n) is 1.85. The van der Waals surface area contributed by atoms with Crippen molar-refractivity contribution in [2.45, 2.75) is 32.8 Å². The number of hydrogen-bond acceptors (Lipinski definition) is 2. The van der Waals surface area contributed by atoms with Crippen LogP contribution in [0.4, 0.5) is 0 Å². The topological polar surface area (TPSA) is 20.2 Å². The van der Waals surface area contributed by atoms with Gasteiger partial charge in [-0.25, -0.2) is 0 Å². The Morgan fingerprint density at radius 2 is 1.76 bits per heavy atom. The van der Waals surface area contributed by atoms with Gasteiger partial charge in [0, 0.05) is 9.75 Å². The molecular formula is C15H18OS. The largest absolute Gasteiger partial charge is 0.383 e. The fraction of sp³-hybridized carbons (Fsp3) is 0.333. The van der Waals surface area contributed by atoms with Crippen molar-refractivity contribution >= 4 is 11.3 Å². The van der Waals surface area contributed by atoms with Gasteiger partial charge in [0.05, 0.1) is 0 Å². The van der Waals surface area contributed by atoms with E-state index < -0.39 is 6.10 Å². The first-order valence-corrected chi connectivity index (χ1v) is 6.74. The zero-order chi connectivity index (χ0) is 12.4. The second-order valence-corrected chi connectivity index (χ2v) is 6.00. The van der Waals surface area contributed by atoms with E-state index in [4.69, 9.17) is 0 Å². The van der Waals surface area contributed by atoms with Gasteiger partial charge in [-0.3, -0.25) is 0 Å². The van der Waals surface area contributed by atoms with E-state index in [0.29, 0.717) is 5.92 Å². The third-order valence-electron chi connectivity index (χ3n) is 2.92. The van der Waals surface area contributed by atoms with Crippen LogP contribution in [0, 0.1) is 6.92 Å². The summed E-state index contributed by atoms with van der Waals surface area (Å²) >= 11 is 1.65. The van der Waals surface area contributed by atoms with Gasteiger partial charge in [-0.05, 0) is 36.1 Å². The lowest BCUT2D eigenvalue weighted by Gasteiger charge is -2.12. The lowest BCUT2D eigenvalue weighted by Crippen LogP contribution is -1.98. The van der Waals surface area contributed by atoms with Crippen LogP contribution in [0.5, 0.6) is 0 Å². The maximum Gasteiger partial charge on any atom is 0.113 e. The van der Waals surface area contributed by atoms with Crippen LogP contribution in [0.1, 0.15) is 46.8 Å². The van der Waals surface area contributed by atoms with Gasteiger partial charge in [0.15, 0.2) is 0 Å². The molecule has 2 rings (SSSR count). The van der Waals surface area contributed by atoms with Crippen molar-refractivity contribution in [1.82, 2.24) is 0 Å². The van der Waals surface area contributed by atoms with Gasteiger partial charge < -0.3 is 5.11 Å². The number of aliphatic hydroxyl groups is 1. The van der Waals surface area contributed by atoms with Crippen molar-refractivity contribution < 1.29 is 5.11 Å². The number of thiophene rings is 1. The summed E-state index contributed by atoms with van der Waals surface area (Å²) in [6, 6.07) is 12.3. The Labute approximate surface area is 107 Å². The Bertz CT molecular complexity index is 499. The highest BCUT2D eigenvalue weighted by Gasteiger charge is 2.13. The molecule has 2 heteroatoms. The van der Waals surface area contributed by atoms with E-state index in [1.165, 1.54) is 10.4 Å². The van der Waals surface area contributed by atoms with Crippen molar-refractivity contribution in [3.05, 3.63) is 57.3 Å². The molecule has 0 aliphatic heterocycles. The summed E-state index contributed by atoms with van der Waals surface area (Å²) < 4.78 is 0. The standard InChI is InChI=1S/C15H18OS/c1-10(2)12-5-4-6-13(9-12)15(16)14-8-7-11(3)17-14/h4-10,15-16H,1-3H3/t15-/m0/s1. The zero-order valence-electron chi connectivity index (χ0n) is 10.5. The molecular weight excluding hydrogens is 228 g/mol. The van der Waals surface area contributed by atoms with E-state index in [-0.39, 0.29) is 0 Å². The highest BCUT2D eigenvalue weighted by molar-refractivity contribution is 7.12.